The summed E-state index contributed by atoms with van der Waals surface area (Å²) in [6.45, 7) is 0. The van der Waals surface area contributed by atoms with Crippen molar-refractivity contribution in [2.75, 3.05) is 0 Å². The zero-order valence-corrected chi connectivity index (χ0v) is 10.5. The number of hydrogen-bond donors (Lipinski definition) is 0. The van der Waals surface area contributed by atoms with Gasteiger partial charge in [0.2, 0.25) is 0 Å². The molecule has 0 saturated carbocycles. The fraction of sp³-hybridized carbons (Fsp3) is 0. The standard InChI is InChI=1S/C15H7F2NS/c16-13-8-12(9-14(17)15(13)19-10-18)7-6-11-4-2-1-3-5-11/h1-5,8-9H. The molecule has 1 nitrogen and oxygen atoms in total. The maximum absolute atomic E-state index is 13.5. The number of nitriles is 1. The summed E-state index contributed by atoms with van der Waals surface area (Å²) in [5.41, 5.74) is 1.000. The highest BCUT2D eigenvalue weighted by molar-refractivity contribution is 8.03. The van der Waals surface area contributed by atoms with Gasteiger partial charge >= 0.3 is 0 Å². The summed E-state index contributed by atoms with van der Waals surface area (Å²) in [7, 11) is 0. The fourth-order valence-electron chi connectivity index (χ4n) is 1.44. The van der Waals surface area contributed by atoms with Crippen molar-refractivity contribution in [2.24, 2.45) is 0 Å². The van der Waals surface area contributed by atoms with Crippen LogP contribution in [0.2, 0.25) is 0 Å². The lowest BCUT2D eigenvalue weighted by Gasteiger charge is -2.00. The summed E-state index contributed by atoms with van der Waals surface area (Å²) in [6, 6.07) is 11.4. The van der Waals surface area contributed by atoms with E-state index >= 15 is 0 Å². The Balaban J connectivity index is 2.34. The van der Waals surface area contributed by atoms with E-state index in [-0.39, 0.29) is 10.5 Å². The second-order valence-electron chi connectivity index (χ2n) is 3.58. The third-order valence-corrected chi connectivity index (χ3v) is 2.96. The molecule has 0 spiro atoms. The van der Waals surface area contributed by atoms with Gasteiger partial charge < -0.3 is 0 Å². The van der Waals surface area contributed by atoms with E-state index in [1.54, 1.807) is 17.5 Å². The molecule has 0 aromatic heterocycles. The number of nitrogens with zero attached hydrogens (tertiary/aromatic N) is 1. The number of halogens is 2. The van der Waals surface area contributed by atoms with Crippen molar-refractivity contribution >= 4 is 11.8 Å². The van der Waals surface area contributed by atoms with E-state index in [9.17, 15) is 8.78 Å². The highest BCUT2D eigenvalue weighted by Crippen LogP contribution is 2.25. The van der Waals surface area contributed by atoms with E-state index in [1.807, 2.05) is 18.2 Å². The number of thioether (sulfide) groups is 1. The lowest BCUT2D eigenvalue weighted by molar-refractivity contribution is 0.540. The second kappa shape index (κ2) is 6.04. The summed E-state index contributed by atoms with van der Waals surface area (Å²) < 4.78 is 27.1. The van der Waals surface area contributed by atoms with Gasteiger partial charge in [0, 0.05) is 11.1 Å². The quantitative estimate of drug-likeness (QED) is 0.445. The van der Waals surface area contributed by atoms with Crippen LogP contribution in [0, 0.1) is 34.1 Å². The molecule has 19 heavy (non-hydrogen) atoms. The molecule has 0 radical (unpaired) electrons. The van der Waals surface area contributed by atoms with Gasteiger partial charge in [-0.15, -0.1) is 0 Å². The van der Waals surface area contributed by atoms with E-state index in [0.29, 0.717) is 11.8 Å². The molecule has 2 aromatic carbocycles. The van der Waals surface area contributed by atoms with Crippen LogP contribution in [0.4, 0.5) is 8.78 Å². The number of rotatable bonds is 1. The minimum absolute atomic E-state index is 0.237. The highest BCUT2D eigenvalue weighted by atomic mass is 32.2. The Morgan fingerprint density at radius 3 is 2.05 bits per heavy atom. The lowest BCUT2D eigenvalue weighted by Crippen LogP contribution is -1.89. The summed E-state index contributed by atoms with van der Waals surface area (Å²) in [6.07, 6.45) is 0. The van der Waals surface area contributed by atoms with Gasteiger partial charge in [-0.05, 0) is 36.0 Å². The van der Waals surface area contributed by atoms with Gasteiger partial charge in [0.15, 0.2) is 0 Å². The third-order valence-electron chi connectivity index (χ3n) is 2.27. The summed E-state index contributed by atoms with van der Waals surface area (Å²) in [5.74, 6) is 3.95. The SMILES string of the molecule is N#CSc1c(F)cc(C#Cc2ccccc2)cc1F. The molecule has 0 aliphatic heterocycles. The molecule has 4 heteroatoms. The van der Waals surface area contributed by atoms with Crippen LogP contribution in [0.5, 0.6) is 0 Å². The molecule has 0 amide bonds. The molecule has 0 aliphatic carbocycles. The zero-order valence-electron chi connectivity index (χ0n) is 9.65. The summed E-state index contributed by atoms with van der Waals surface area (Å²) in [5, 5.41) is 10.1. The number of thiocyanates is 1. The zero-order chi connectivity index (χ0) is 13.7. The van der Waals surface area contributed by atoms with Gasteiger partial charge in [0.05, 0.1) is 4.90 Å². The normalized spacial score (nSPS) is 9.32. The molecular weight excluding hydrogens is 264 g/mol. The van der Waals surface area contributed by atoms with Gasteiger partial charge in [-0.3, -0.25) is 0 Å². The minimum atomic E-state index is -0.774. The van der Waals surface area contributed by atoms with Crippen molar-refractivity contribution < 1.29 is 8.78 Å². The van der Waals surface area contributed by atoms with E-state index in [4.69, 9.17) is 5.26 Å². The Hall–Kier alpha value is -2.30. The molecule has 0 unspecified atom stereocenters. The van der Waals surface area contributed by atoms with E-state index in [1.165, 1.54) is 0 Å². The Morgan fingerprint density at radius 1 is 0.895 bits per heavy atom. The van der Waals surface area contributed by atoms with Crippen molar-refractivity contribution in [1.82, 2.24) is 0 Å². The molecule has 2 rings (SSSR count). The first-order chi connectivity index (χ1) is 9.20. The lowest BCUT2D eigenvalue weighted by atomic mass is 10.2. The average molecular weight is 271 g/mol. The molecule has 0 atom stereocenters. The molecule has 0 bridgehead atoms. The Morgan fingerprint density at radius 2 is 1.47 bits per heavy atom. The molecule has 0 fully saturated rings. The Labute approximate surface area is 113 Å². The smallest absolute Gasteiger partial charge is 0.142 e. The highest BCUT2D eigenvalue weighted by Gasteiger charge is 2.10. The van der Waals surface area contributed by atoms with Gasteiger partial charge in [-0.2, -0.15) is 5.26 Å². The van der Waals surface area contributed by atoms with Crippen molar-refractivity contribution in [2.45, 2.75) is 4.90 Å². The van der Waals surface area contributed by atoms with Gasteiger partial charge in [0.25, 0.3) is 0 Å². The van der Waals surface area contributed by atoms with Crippen molar-refractivity contribution in [3.63, 3.8) is 0 Å². The van der Waals surface area contributed by atoms with Gasteiger partial charge in [-0.25, -0.2) is 8.78 Å². The first-order valence-electron chi connectivity index (χ1n) is 5.33. The van der Waals surface area contributed by atoms with Crippen LogP contribution in [0.1, 0.15) is 11.1 Å². The fourth-order valence-corrected chi connectivity index (χ4v) is 1.85. The van der Waals surface area contributed by atoms with Crippen molar-refractivity contribution in [3.05, 3.63) is 65.2 Å². The van der Waals surface area contributed by atoms with Crippen LogP contribution < -0.4 is 0 Å². The van der Waals surface area contributed by atoms with Crippen LogP contribution >= 0.6 is 11.8 Å². The van der Waals surface area contributed by atoms with Crippen molar-refractivity contribution in [1.29, 1.82) is 5.26 Å². The molecule has 0 heterocycles. The maximum Gasteiger partial charge on any atom is 0.142 e. The average Bonchev–Trinajstić information content (AvgIpc) is 2.42. The van der Waals surface area contributed by atoms with Crippen molar-refractivity contribution in [3.8, 4) is 17.2 Å². The minimum Gasteiger partial charge on any atom is -0.206 e. The van der Waals surface area contributed by atoms with Crippen LogP contribution in [-0.4, -0.2) is 0 Å². The predicted molar refractivity (Wildman–Crippen MR) is 70.3 cm³/mol. The molecule has 0 saturated heterocycles. The maximum atomic E-state index is 13.5. The topological polar surface area (TPSA) is 23.8 Å². The van der Waals surface area contributed by atoms with Crippen LogP contribution in [-0.2, 0) is 0 Å². The second-order valence-corrected chi connectivity index (χ2v) is 4.37. The molecule has 2 aromatic rings. The third kappa shape index (κ3) is 3.34. The Kier molecular flexibility index (Phi) is 4.18. The van der Waals surface area contributed by atoms with Gasteiger partial charge in [0.1, 0.15) is 17.0 Å². The molecule has 0 N–H and O–H groups in total. The summed E-state index contributed by atoms with van der Waals surface area (Å²) in [4.78, 5) is -0.298. The van der Waals surface area contributed by atoms with E-state index in [2.05, 4.69) is 11.8 Å². The Bertz CT molecular complexity index is 671. The molecular formula is C15H7F2NS. The summed E-state index contributed by atoms with van der Waals surface area (Å²) >= 11 is 0.459. The van der Waals surface area contributed by atoms with E-state index in [0.717, 1.165) is 17.7 Å². The van der Waals surface area contributed by atoms with Crippen LogP contribution in [0.25, 0.3) is 0 Å². The van der Waals surface area contributed by atoms with E-state index < -0.39 is 11.6 Å². The van der Waals surface area contributed by atoms with Gasteiger partial charge in [-0.1, -0.05) is 30.0 Å². The predicted octanol–water partition coefficient (Wildman–Crippen LogP) is 3.94. The molecule has 0 aliphatic rings. The number of hydrogen-bond acceptors (Lipinski definition) is 2. The van der Waals surface area contributed by atoms with Crippen LogP contribution in [0.15, 0.2) is 47.4 Å². The van der Waals surface area contributed by atoms with Crippen LogP contribution in [0.3, 0.4) is 0 Å². The molecule has 92 valence electrons. The number of benzene rings is 2. The largest absolute Gasteiger partial charge is 0.206 e. The first kappa shape index (κ1) is 13.1. The monoisotopic (exact) mass is 271 g/mol. The first-order valence-corrected chi connectivity index (χ1v) is 6.14.